The van der Waals surface area contributed by atoms with E-state index in [9.17, 15) is 23.2 Å². The van der Waals surface area contributed by atoms with Crippen molar-refractivity contribution in [1.29, 1.82) is 5.26 Å². The lowest BCUT2D eigenvalue weighted by molar-refractivity contribution is -0.143. The number of nitriles is 1. The summed E-state index contributed by atoms with van der Waals surface area (Å²) in [7, 11) is 1.37. The minimum Gasteiger partial charge on any atom is -0.469 e. The summed E-state index contributed by atoms with van der Waals surface area (Å²) in [6.45, 7) is 9.69. The summed E-state index contributed by atoms with van der Waals surface area (Å²) in [5.74, 6) is -0.187. The van der Waals surface area contributed by atoms with Crippen LogP contribution < -0.4 is 4.90 Å². The topological polar surface area (TPSA) is 53.3 Å². The number of carbonyl (C=O) groups excluding carboxylic acids is 1. The molecule has 0 N–H and O–H groups in total. The van der Waals surface area contributed by atoms with Crippen LogP contribution in [0.5, 0.6) is 0 Å². The third-order valence-corrected chi connectivity index (χ3v) is 6.88. The number of nitrogens with zero attached hydrogens (tertiary/aromatic N) is 2. The fourth-order valence-corrected chi connectivity index (χ4v) is 4.64. The molecule has 0 amide bonds. The van der Waals surface area contributed by atoms with Gasteiger partial charge in [0.25, 0.3) is 0 Å². The standard InChI is InChI=1S/C33H37F3N2O2/c1-22(2)14-15-38(21-25-8-6-24(20-37)7-9-25)30-18-27(26-10-12-29(13-11-26)33(34,35)36)17-28(19-30)31(16-23(3)4)32(39)40-5/h6-13,17-19,22-23,31H,14-16,21H2,1-5H3/t31-/m1/s1. The van der Waals surface area contributed by atoms with E-state index in [2.05, 4.69) is 24.8 Å². The Balaban J connectivity index is 2.15. The summed E-state index contributed by atoms with van der Waals surface area (Å²) in [5.41, 5.74) is 3.89. The molecule has 0 heterocycles. The van der Waals surface area contributed by atoms with Crippen LogP contribution in [0.1, 0.15) is 68.7 Å². The quantitative estimate of drug-likeness (QED) is 0.224. The highest BCUT2D eigenvalue weighted by Gasteiger charge is 2.30. The van der Waals surface area contributed by atoms with E-state index >= 15 is 0 Å². The lowest BCUT2D eigenvalue weighted by atomic mass is 9.87. The summed E-state index contributed by atoms with van der Waals surface area (Å²) in [4.78, 5) is 15.1. The number of methoxy groups -OCH3 is 1. The smallest absolute Gasteiger partial charge is 0.416 e. The van der Waals surface area contributed by atoms with Gasteiger partial charge < -0.3 is 9.64 Å². The second kappa shape index (κ2) is 13.5. The Morgan fingerprint density at radius 3 is 2.10 bits per heavy atom. The van der Waals surface area contributed by atoms with Gasteiger partial charge in [-0.1, -0.05) is 58.0 Å². The summed E-state index contributed by atoms with van der Waals surface area (Å²) in [6.07, 6.45) is -2.93. The number of ether oxygens (including phenoxy) is 1. The van der Waals surface area contributed by atoms with Crippen LogP contribution in [0.25, 0.3) is 11.1 Å². The van der Waals surface area contributed by atoms with E-state index in [-0.39, 0.29) is 11.9 Å². The van der Waals surface area contributed by atoms with Crippen molar-refractivity contribution in [2.24, 2.45) is 11.8 Å². The second-order valence-electron chi connectivity index (χ2n) is 11.0. The molecule has 0 unspecified atom stereocenters. The number of alkyl halides is 3. The molecule has 4 nitrogen and oxygen atoms in total. The maximum absolute atomic E-state index is 13.2. The van der Waals surface area contributed by atoms with Gasteiger partial charge in [-0.25, -0.2) is 0 Å². The van der Waals surface area contributed by atoms with Gasteiger partial charge in [-0.3, -0.25) is 4.79 Å². The van der Waals surface area contributed by atoms with Crippen LogP contribution in [0, 0.1) is 23.2 Å². The summed E-state index contributed by atoms with van der Waals surface area (Å²) >= 11 is 0. The van der Waals surface area contributed by atoms with Crippen LogP contribution >= 0.6 is 0 Å². The Morgan fingerprint density at radius 1 is 0.925 bits per heavy atom. The van der Waals surface area contributed by atoms with E-state index in [1.165, 1.54) is 19.2 Å². The number of hydrogen-bond donors (Lipinski definition) is 0. The van der Waals surface area contributed by atoms with Crippen molar-refractivity contribution in [1.82, 2.24) is 0 Å². The van der Waals surface area contributed by atoms with Crippen molar-refractivity contribution < 1.29 is 22.7 Å². The van der Waals surface area contributed by atoms with Crippen molar-refractivity contribution >= 4 is 11.7 Å². The Labute approximate surface area is 235 Å². The Bertz CT molecular complexity index is 1310. The molecule has 0 saturated carbocycles. The van der Waals surface area contributed by atoms with Crippen LogP contribution in [0.4, 0.5) is 18.9 Å². The van der Waals surface area contributed by atoms with Crippen molar-refractivity contribution in [3.8, 4) is 17.2 Å². The van der Waals surface area contributed by atoms with Gasteiger partial charge in [0, 0.05) is 18.8 Å². The van der Waals surface area contributed by atoms with Gasteiger partial charge in [0.1, 0.15) is 0 Å². The largest absolute Gasteiger partial charge is 0.469 e. The molecule has 7 heteroatoms. The summed E-state index contributed by atoms with van der Waals surface area (Å²) in [6, 6.07) is 20.5. The predicted molar refractivity (Wildman–Crippen MR) is 153 cm³/mol. The Hall–Kier alpha value is -3.79. The molecule has 1 atom stereocenters. The molecule has 0 aliphatic carbocycles. The highest BCUT2D eigenvalue weighted by molar-refractivity contribution is 5.80. The molecule has 0 saturated heterocycles. The fraction of sp³-hybridized carbons (Fsp3) is 0.394. The number of anilines is 1. The van der Waals surface area contributed by atoms with E-state index in [0.717, 1.165) is 47.5 Å². The van der Waals surface area contributed by atoms with E-state index in [0.29, 0.717) is 30.0 Å². The summed E-state index contributed by atoms with van der Waals surface area (Å²) < 4.78 is 44.9. The average molecular weight is 551 g/mol. The normalized spacial score (nSPS) is 12.3. The zero-order valence-corrected chi connectivity index (χ0v) is 23.8. The monoisotopic (exact) mass is 550 g/mol. The molecule has 0 spiro atoms. The molecule has 0 aromatic heterocycles. The third kappa shape index (κ3) is 8.35. The van der Waals surface area contributed by atoms with Gasteiger partial charge in [0.15, 0.2) is 0 Å². The molecule has 3 rings (SSSR count). The van der Waals surface area contributed by atoms with E-state index in [4.69, 9.17) is 4.74 Å². The first-order valence-corrected chi connectivity index (χ1v) is 13.6. The molecule has 0 fully saturated rings. The SMILES string of the molecule is COC(=O)[C@H](CC(C)C)c1cc(-c2ccc(C(F)(F)F)cc2)cc(N(CCC(C)C)Cc2ccc(C#N)cc2)c1. The number of esters is 1. The number of halogens is 3. The number of rotatable bonds is 11. The van der Waals surface area contributed by atoms with Gasteiger partial charge in [0.2, 0.25) is 0 Å². The second-order valence-corrected chi connectivity index (χ2v) is 11.0. The first-order valence-electron chi connectivity index (χ1n) is 13.6. The summed E-state index contributed by atoms with van der Waals surface area (Å²) in [5, 5.41) is 9.18. The van der Waals surface area contributed by atoms with Gasteiger partial charge >= 0.3 is 12.1 Å². The highest BCUT2D eigenvalue weighted by atomic mass is 19.4. The maximum atomic E-state index is 13.2. The van der Waals surface area contributed by atoms with Crippen LogP contribution in [0.2, 0.25) is 0 Å². The average Bonchev–Trinajstić information content (AvgIpc) is 2.93. The minimum absolute atomic E-state index is 0.220. The van der Waals surface area contributed by atoms with E-state index in [1.54, 1.807) is 12.1 Å². The van der Waals surface area contributed by atoms with Crippen molar-refractivity contribution in [2.45, 2.75) is 59.2 Å². The molecule has 0 aliphatic heterocycles. The first-order chi connectivity index (χ1) is 18.9. The maximum Gasteiger partial charge on any atom is 0.416 e. The Kier molecular flexibility index (Phi) is 10.4. The number of hydrogen-bond acceptors (Lipinski definition) is 4. The molecular formula is C33H37F3N2O2. The highest BCUT2D eigenvalue weighted by Crippen LogP contribution is 2.36. The van der Waals surface area contributed by atoms with Crippen molar-refractivity contribution in [3.63, 3.8) is 0 Å². The fourth-order valence-electron chi connectivity index (χ4n) is 4.64. The van der Waals surface area contributed by atoms with Crippen LogP contribution in [0.3, 0.4) is 0 Å². The molecule has 3 aromatic carbocycles. The molecule has 40 heavy (non-hydrogen) atoms. The first kappa shape index (κ1) is 30.7. The van der Waals surface area contributed by atoms with Gasteiger partial charge in [-0.05, 0) is 83.3 Å². The van der Waals surface area contributed by atoms with Crippen LogP contribution in [0.15, 0.2) is 66.7 Å². The number of carbonyl (C=O) groups is 1. The lowest BCUT2D eigenvalue weighted by Crippen LogP contribution is -2.25. The number of benzene rings is 3. The van der Waals surface area contributed by atoms with Gasteiger partial charge in [-0.15, -0.1) is 0 Å². The van der Waals surface area contributed by atoms with E-state index in [1.807, 2.05) is 44.2 Å². The van der Waals surface area contributed by atoms with Crippen molar-refractivity contribution in [2.75, 3.05) is 18.6 Å². The zero-order valence-electron chi connectivity index (χ0n) is 23.8. The molecule has 3 aromatic rings. The van der Waals surface area contributed by atoms with Gasteiger partial charge in [0.05, 0.1) is 30.2 Å². The molecular weight excluding hydrogens is 513 g/mol. The van der Waals surface area contributed by atoms with Gasteiger partial charge in [-0.2, -0.15) is 18.4 Å². The van der Waals surface area contributed by atoms with Crippen molar-refractivity contribution in [3.05, 3.63) is 89.0 Å². The third-order valence-electron chi connectivity index (χ3n) is 6.88. The molecule has 0 bridgehead atoms. The Morgan fingerprint density at radius 2 is 1.57 bits per heavy atom. The molecule has 212 valence electrons. The molecule has 0 radical (unpaired) electrons. The van der Waals surface area contributed by atoms with Crippen LogP contribution in [-0.4, -0.2) is 19.6 Å². The predicted octanol–water partition coefficient (Wildman–Crippen LogP) is 8.60. The minimum atomic E-state index is -4.42. The van der Waals surface area contributed by atoms with E-state index < -0.39 is 17.7 Å². The van der Waals surface area contributed by atoms with Crippen LogP contribution in [-0.2, 0) is 22.3 Å². The zero-order chi connectivity index (χ0) is 29.4. The lowest BCUT2D eigenvalue weighted by Gasteiger charge is -2.28. The molecule has 0 aliphatic rings.